The smallest absolute Gasteiger partial charge is 0.196 e. The van der Waals surface area contributed by atoms with Crippen LogP contribution in [0.25, 0.3) is 11.0 Å². The molecule has 0 aliphatic heterocycles. The fourth-order valence-electron chi connectivity index (χ4n) is 2.00. The van der Waals surface area contributed by atoms with Crippen LogP contribution in [0.3, 0.4) is 0 Å². The van der Waals surface area contributed by atoms with Gasteiger partial charge in [0, 0.05) is 24.0 Å². The summed E-state index contributed by atoms with van der Waals surface area (Å²) in [5, 5.41) is 9.26. The Morgan fingerprint density at radius 3 is 2.48 bits per heavy atom. The molecule has 1 aromatic heterocycles. The number of carbonyl (C=O) groups excluding carboxylic acids is 1. The number of fused-ring (bicyclic) bond motifs is 1. The van der Waals surface area contributed by atoms with Gasteiger partial charge in [-0.2, -0.15) is 0 Å². The Kier molecular flexibility index (Phi) is 3.06. The molecule has 4 nitrogen and oxygen atoms in total. The van der Waals surface area contributed by atoms with Gasteiger partial charge in [0.15, 0.2) is 17.3 Å². The van der Waals surface area contributed by atoms with Crippen molar-refractivity contribution in [2.24, 2.45) is 0 Å². The van der Waals surface area contributed by atoms with Gasteiger partial charge in [-0.25, -0.2) is 8.78 Å². The maximum Gasteiger partial charge on any atom is 0.196 e. The highest BCUT2D eigenvalue weighted by atomic mass is 19.1. The molecule has 104 valence electrons. The number of hydrogen-bond acceptors (Lipinski definition) is 4. The summed E-state index contributed by atoms with van der Waals surface area (Å²) in [6.45, 7) is 0. The Bertz CT molecular complexity index is 865. The topological polar surface area (TPSA) is 63.1 Å². The average Bonchev–Trinajstić information content (AvgIpc) is 2.49. The molecule has 3 rings (SSSR count). The molecule has 0 bridgehead atoms. The van der Waals surface area contributed by atoms with E-state index < -0.39 is 28.7 Å². The molecule has 21 heavy (non-hydrogen) atoms. The number of benzene rings is 2. The molecule has 0 amide bonds. The molecule has 0 saturated carbocycles. The van der Waals surface area contributed by atoms with Crippen LogP contribution in [0.15, 0.2) is 42.7 Å². The van der Waals surface area contributed by atoms with E-state index in [2.05, 4.69) is 9.97 Å². The van der Waals surface area contributed by atoms with Crippen molar-refractivity contribution in [1.29, 1.82) is 0 Å². The second kappa shape index (κ2) is 4.90. The minimum absolute atomic E-state index is 0.131. The zero-order chi connectivity index (χ0) is 15.0. The Morgan fingerprint density at radius 2 is 1.71 bits per heavy atom. The summed E-state index contributed by atoms with van der Waals surface area (Å²) in [4.78, 5) is 20.3. The second-order valence-electron chi connectivity index (χ2n) is 4.38. The molecular weight excluding hydrogens is 278 g/mol. The van der Waals surface area contributed by atoms with Gasteiger partial charge < -0.3 is 5.11 Å². The highest BCUT2D eigenvalue weighted by Crippen LogP contribution is 2.24. The number of phenols is 1. The predicted molar refractivity (Wildman–Crippen MR) is 71.0 cm³/mol. The molecule has 2 aromatic carbocycles. The SMILES string of the molecule is O=C(c1ccc2nccnc2c1)c1cc(F)cc(O)c1F. The van der Waals surface area contributed by atoms with Crippen molar-refractivity contribution in [2.75, 3.05) is 0 Å². The Hall–Kier alpha value is -2.89. The van der Waals surface area contributed by atoms with Crippen molar-refractivity contribution in [3.8, 4) is 5.75 Å². The third-order valence-electron chi connectivity index (χ3n) is 2.99. The van der Waals surface area contributed by atoms with Gasteiger partial charge in [0.25, 0.3) is 0 Å². The Balaban J connectivity index is 2.12. The van der Waals surface area contributed by atoms with Gasteiger partial charge in [0.2, 0.25) is 0 Å². The minimum Gasteiger partial charge on any atom is -0.505 e. The number of carbonyl (C=O) groups is 1. The summed E-state index contributed by atoms with van der Waals surface area (Å²) in [5.41, 5.74) is 0.642. The highest BCUT2D eigenvalue weighted by Gasteiger charge is 2.19. The summed E-state index contributed by atoms with van der Waals surface area (Å²) in [7, 11) is 0. The number of rotatable bonds is 2. The number of nitrogens with zero attached hydrogens (tertiary/aromatic N) is 2. The molecule has 6 heteroatoms. The lowest BCUT2D eigenvalue weighted by atomic mass is 10.0. The van der Waals surface area contributed by atoms with Crippen LogP contribution in [0.5, 0.6) is 5.75 Å². The van der Waals surface area contributed by atoms with Crippen LogP contribution in [-0.2, 0) is 0 Å². The maximum atomic E-state index is 13.8. The molecule has 3 aromatic rings. The van der Waals surface area contributed by atoms with Gasteiger partial charge in [0.05, 0.1) is 16.6 Å². The first-order valence-electron chi connectivity index (χ1n) is 6.00. The average molecular weight is 286 g/mol. The van der Waals surface area contributed by atoms with Crippen LogP contribution < -0.4 is 0 Å². The predicted octanol–water partition coefficient (Wildman–Crippen LogP) is 2.84. The molecule has 0 aliphatic rings. The summed E-state index contributed by atoms with van der Waals surface area (Å²) >= 11 is 0. The van der Waals surface area contributed by atoms with Crippen LogP contribution in [-0.4, -0.2) is 20.9 Å². The van der Waals surface area contributed by atoms with E-state index in [1.165, 1.54) is 24.5 Å². The summed E-state index contributed by atoms with van der Waals surface area (Å²) in [6, 6.07) is 5.80. The molecule has 0 spiro atoms. The number of hydrogen-bond donors (Lipinski definition) is 1. The van der Waals surface area contributed by atoms with E-state index in [0.717, 1.165) is 6.07 Å². The molecule has 0 aliphatic carbocycles. The number of aromatic hydroxyl groups is 1. The van der Waals surface area contributed by atoms with Crippen molar-refractivity contribution in [3.63, 3.8) is 0 Å². The standard InChI is InChI=1S/C15H8F2N2O2/c16-9-6-10(14(17)13(20)7-9)15(21)8-1-2-11-12(5-8)19-4-3-18-11/h1-7,20H. The maximum absolute atomic E-state index is 13.8. The van der Waals surface area contributed by atoms with Gasteiger partial charge in [-0.15, -0.1) is 0 Å². The van der Waals surface area contributed by atoms with Gasteiger partial charge in [0.1, 0.15) is 5.82 Å². The van der Waals surface area contributed by atoms with Crippen molar-refractivity contribution >= 4 is 16.8 Å². The third kappa shape index (κ3) is 2.31. The lowest BCUT2D eigenvalue weighted by Gasteiger charge is -2.05. The summed E-state index contributed by atoms with van der Waals surface area (Å²) in [5.74, 6) is -3.69. The monoisotopic (exact) mass is 286 g/mol. The first-order chi connectivity index (χ1) is 10.1. The van der Waals surface area contributed by atoms with Crippen LogP contribution in [0.4, 0.5) is 8.78 Å². The Morgan fingerprint density at radius 1 is 1.00 bits per heavy atom. The van der Waals surface area contributed by atoms with Crippen molar-refractivity contribution in [3.05, 3.63) is 65.5 Å². The minimum atomic E-state index is -1.15. The zero-order valence-electron chi connectivity index (χ0n) is 10.5. The molecule has 1 N–H and O–H groups in total. The van der Waals surface area contributed by atoms with Crippen molar-refractivity contribution in [2.45, 2.75) is 0 Å². The fraction of sp³-hybridized carbons (Fsp3) is 0. The highest BCUT2D eigenvalue weighted by molar-refractivity contribution is 6.10. The van der Waals surface area contributed by atoms with Gasteiger partial charge in [-0.3, -0.25) is 14.8 Å². The first-order valence-corrected chi connectivity index (χ1v) is 6.00. The molecule has 0 fully saturated rings. The molecule has 1 heterocycles. The van der Waals surface area contributed by atoms with Gasteiger partial charge in [-0.05, 0) is 24.3 Å². The van der Waals surface area contributed by atoms with E-state index in [0.29, 0.717) is 17.1 Å². The molecule has 0 saturated heterocycles. The quantitative estimate of drug-likeness (QED) is 0.736. The van der Waals surface area contributed by atoms with Crippen LogP contribution in [0.1, 0.15) is 15.9 Å². The van der Waals surface area contributed by atoms with E-state index in [1.807, 2.05) is 0 Å². The number of halogens is 2. The van der Waals surface area contributed by atoms with Crippen molar-refractivity contribution < 1.29 is 18.7 Å². The molecule has 0 unspecified atom stereocenters. The van der Waals surface area contributed by atoms with Crippen LogP contribution in [0.2, 0.25) is 0 Å². The second-order valence-corrected chi connectivity index (χ2v) is 4.38. The summed E-state index contributed by atoms with van der Waals surface area (Å²) in [6.07, 6.45) is 2.97. The molecule has 0 atom stereocenters. The normalized spacial score (nSPS) is 10.8. The number of ketones is 1. The van der Waals surface area contributed by atoms with E-state index in [1.54, 1.807) is 6.07 Å². The van der Waals surface area contributed by atoms with E-state index in [4.69, 9.17) is 0 Å². The van der Waals surface area contributed by atoms with Gasteiger partial charge >= 0.3 is 0 Å². The zero-order valence-corrected chi connectivity index (χ0v) is 10.5. The van der Waals surface area contributed by atoms with Gasteiger partial charge in [-0.1, -0.05) is 0 Å². The number of aromatic nitrogens is 2. The first kappa shape index (κ1) is 13.1. The van der Waals surface area contributed by atoms with Crippen LogP contribution in [0, 0.1) is 11.6 Å². The van der Waals surface area contributed by atoms with Crippen molar-refractivity contribution in [1.82, 2.24) is 9.97 Å². The lowest BCUT2D eigenvalue weighted by Crippen LogP contribution is -2.05. The largest absolute Gasteiger partial charge is 0.505 e. The van der Waals surface area contributed by atoms with E-state index in [9.17, 15) is 18.7 Å². The van der Waals surface area contributed by atoms with Crippen LogP contribution >= 0.6 is 0 Å². The Labute approximate surface area is 117 Å². The number of phenolic OH excluding ortho intramolecular Hbond substituents is 1. The molecule has 0 radical (unpaired) electrons. The third-order valence-corrected chi connectivity index (χ3v) is 2.99. The molecular formula is C15H8F2N2O2. The van der Waals surface area contributed by atoms with E-state index >= 15 is 0 Å². The lowest BCUT2D eigenvalue weighted by molar-refractivity contribution is 0.103. The summed E-state index contributed by atoms with van der Waals surface area (Å²) < 4.78 is 27.0. The van der Waals surface area contributed by atoms with E-state index in [-0.39, 0.29) is 5.56 Å². The fourth-order valence-corrected chi connectivity index (χ4v) is 2.00.